The first-order valence-corrected chi connectivity index (χ1v) is 10.8. The molecule has 34 heavy (non-hydrogen) atoms. The van der Waals surface area contributed by atoms with Crippen LogP contribution >= 0.6 is 0 Å². The lowest BCUT2D eigenvalue weighted by molar-refractivity contribution is -0.129. The number of amides is 1. The maximum absolute atomic E-state index is 14.3. The number of pyridine rings is 1. The van der Waals surface area contributed by atoms with Crippen molar-refractivity contribution in [2.24, 2.45) is 5.41 Å². The van der Waals surface area contributed by atoms with E-state index in [1.54, 1.807) is 51.2 Å². The van der Waals surface area contributed by atoms with Crippen molar-refractivity contribution in [3.63, 3.8) is 0 Å². The molecule has 0 saturated carbocycles. The van der Waals surface area contributed by atoms with Crippen LogP contribution in [0.25, 0.3) is 11.3 Å². The van der Waals surface area contributed by atoms with Crippen LogP contribution in [0, 0.1) is 5.41 Å². The lowest BCUT2D eigenvalue weighted by atomic mass is 9.69. The van der Waals surface area contributed by atoms with Gasteiger partial charge >= 0.3 is 0 Å². The van der Waals surface area contributed by atoms with Gasteiger partial charge in [-0.1, -0.05) is 63.4 Å². The molecule has 0 radical (unpaired) electrons. The van der Waals surface area contributed by atoms with E-state index in [2.05, 4.69) is 23.5 Å². The molecule has 1 unspecified atom stereocenters. The lowest BCUT2D eigenvalue weighted by Gasteiger charge is -2.37. The van der Waals surface area contributed by atoms with Gasteiger partial charge in [-0.15, -0.1) is 0 Å². The average Bonchev–Trinajstić information content (AvgIpc) is 2.81. The van der Waals surface area contributed by atoms with E-state index < -0.39 is 17.2 Å². The SMILES string of the molecule is C=CC1=C(C(=C)F)Oc2nc(-c3ccc(C=O)cc3)ccc2C1C(C)(C)C(=O)NC.CN(C)C. The number of halogens is 1. The van der Waals surface area contributed by atoms with E-state index >= 15 is 0 Å². The smallest absolute Gasteiger partial charge is 0.226 e. The Morgan fingerprint density at radius 3 is 2.24 bits per heavy atom. The number of carbonyl (C=O) groups is 2. The second-order valence-corrected chi connectivity index (χ2v) is 8.90. The summed E-state index contributed by atoms with van der Waals surface area (Å²) in [7, 11) is 7.56. The van der Waals surface area contributed by atoms with E-state index in [-0.39, 0.29) is 17.5 Å². The average molecular weight is 466 g/mol. The molecule has 0 spiro atoms. The zero-order valence-corrected chi connectivity index (χ0v) is 20.6. The molecule has 1 aliphatic rings. The number of rotatable bonds is 6. The van der Waals surface area contributed by atoms with E-state index in [9.17, 15) is 14.0 Å². The number of aldehydes is 1. The fourth-order valence-electron chi connectivity index (χ4n) is 3.75. The first kappa shape index (κ1) is 26.7. The predicted molar refractivity (Wildman–Crippen MR) is 133 cm³/mol. The summed E-state index contributed by atoms with van der Waals surface area (Å²) in [6.07, 6.45) is 2.25. The summed E-state index contributed by atoms with van der Waals surface area (Å²) >= 11 is 0. The number of allylic oxidation sites excluding steroid dienone is 3. The van der Waals surface area contributed by atoms with Crippen LogP contribution in [-0.2, 0) is 4.79 Å². The third-order valence-electron chi connectivity index (χ3n) is 5.32. The molecule has 1 aromatic heterocycles. The van der Waals surface area contributed by atoms with Gasteiger partial charge in [0.05, 0.1) is 11.1 Å². The zero-order chi connectivity index (χ0) is 25.6. The number of aromatic nitrogens is 1. The Labute approximate surface area is 200 Å². The molecule has 0 aliphatic carbocycles. The first-order chi connectivity index (χ1) is 16.0. The molecule has 2 heterocycles. The van der Waals surface area contributed by atoms with E-state index in [4.69, 9.17) is 4.74 Å². The predicted octanol–water partition coefficient (Wildman–Crippen LogP) is 4.91. The van der Waals surface area contributed by atoms with Gasteiger partial charge in [0.25, 0.3) is 0 Å². The number of hydrogen-bond acceptors (Lipinski definition) is 5. The van der Waals surface area contributed by atoms with Gasteiger partial charge in [0, 0.05) is 35.2 Å². The van der Waals surface area contributed by atoms with Gasteiger partial charge in [-0.25, -0.2) is 9.37 Å². The minimum atomic E-state index is -0.938. The third kappa shape index (κ3) is 5.66. The van der Waals surface area contributed by atoms with Gasteiger partial charge in [-0.3, -0.25) is 9.59 Å². The second kappa shape index (κ2) is 11.0. The van der Waals surface area contributed by atoms with Crippen molar-refractivity contribution in [2.75, 3.05) is 28.2 Å². The standard InChI is InChI=1S/C24H23FN2O3.C3H9N/c1-6-17-20(24(3,4)23(29)26-5)18-11-12-19(16-9-7-15(13-28)8-10-16)27-22(18)30-21(17)14(2)25;1-4(2)3/h6-13,20H,1-2H2,3-5H3,(H,26,29);1-3H3. The molecule has 180 valence electrons. The topological polar surface area (TPSA) is 71.5 Å². The molecule has 7 heteroatoms. The van der Waals surface area contributed by atoms with E-state index in [1.165, 1.54) is 6.08 Å². The number of fused-ring (bicyclic) bond motifs is 1. The van der Waals surface area contributed by atoms with Crippen LogP contribution < -0.4 is 10.1 Å². The minimum Gasteiger partial charge on any atom is -0.435 e. The summed E-state index contributed by atoms with van der Waals surface area (Å²) < 4.78 is 20.1. The second-order valence-electron chi connectivity index (χ2n) is 8.90. The number of benzene rings is 1. The Morgan fingerprint density at radius 1 is 1.18 bits per heavy atom. The van der Waals surface area contributed by atoms with Crippen LogP contribution in [-0.4, -0.2) is 50.3 Å². The maximum atomic E-state index is 14.3. The zero-order valence-electron chi connectivity index (χ0n) is 20.6. The number of nitrogens with zero attached hydrogens (tertiary/aromatic N) is 2. The van der Waals surface area contributed by atoms with E-state index in [0.717, 1.165) is 11.8 Å². The first-order valence-electron chi connectivity index (χ1n) is 10.8. The highest BCUT2D eigenvalue weighted by Crippen LogP contribution is 2.50. The molecule has 3 rings (SSSR count). The van der Waals surface area contributed by atoms with Crippen molar-refractivity contribution >= 4 is 12.2 Å². The highest BCUT2D eigenvalue weighted by Gasteiger charge is 2.44. The van der Waals surface area contributed by atoms with Crippen LogP contribution in [0.2, 0.25) is 0 Å². The lowest BCUT2D eigenvalue weighted by Crippen LogP contribution is -2.41. The highest BCUT2D eigenvalue weighted by molar-refractivity contribution is 5.84. The molecule has 0 bridgehead atoms. The number of hydrogen-bond donors (Lipinski definition) is 1. The van der Waals surface area contributed by atoms with Gasteiger partial charge < -0.3 is 15.0 Å². The van der Waals surface area contributed by atoms with Crippen LogP contribution in [0.5, 0.6) is 5.88 Å². The number of carbonyl (C=O) groups excluding carboxylic acids is 2. The van der Waals surface area contributed by atoms with Crippen LogP contribution in [0.15, 0.2) is 72.8 Å². The van der Waals surface area contributed by atoms with Crippen molar-refractivity contribution in [1.29, 1.82) is 0 Å². The van der Waals surface area contributed by atoms with Crippen molar-refractivity contribution in [3.8, 4) is 17.1 Å². The van der Waals surface area contributed by atoms with Crippen LogP contribution in [0.1, 0.15) is 35.7 Å². The summed E-state index contributed by atoms with van der Waals surface area (Å²) in [5.41, 5.74) is 2.06. The fourth-order valence-corrected chi connectivity index (χ4v) is 3.75. The summed E-state index contributed by atoms with van der Waals surface area (Å²) in [6.45, 7) is 10.7. The molecule has 1 aromatic carbocycles. The maximum Gasteiger partial charge on any atom is 0.226 e. The quantitative estimate of drug-likeness (QED) is 0.614. The molecule has 1 amide bonds. The molecular weight excluding hydrogens is 433 g/mol. The van der Waals surface area contributed by atoms with Crippen molar-refractivity contribution in [2.45, 2.75) is 19.8 Å². The van der Waals surface area contributed by atoms with E-state index in [1.807, 2.05) is 32.1 Å². The third-order valence-corrected chi connectivity index (χ3v) is 5.32. The van der Waals surface area contributed by atoms with Crippen LogP contribution in [0.3, 0.4) is 0 Å². The summed E-state index contributed by atoms with van der Waals surface area (Å²) in [6, 6.07) is 10.5. The highest BCUT2D eigenvalue weighted by atomic mass is 19.1. The molecule has 6 nitrogen and oxygen atoms in total. The Balaban J connectivity index is 0.000000945. The molecule has 1 N–H and O–H groups in total. The minimum absolute atomic E-state index is 0.0829. The number of nitrogens with one attached hydrogen (secondary N) is 1. The van der Waals surface area contributed by atoms with Crippen LogP contribution in [0.4, 0.5) is 4.39 Å². The van der Waals surface area contributed by atoms with Gasteiger partial charge in [0.15, 0.2) is 11.6 Å². The fraction of sp³-hybridized carbons (Fsp3) is 0.296. The Morgan fingerprint density at radius 2 is 1.76 bits per heavy atom. The molecule has 1 atom stereocenters. The van der Waals surface area contributed by atoms with Crippen molar-refractivity contribution in [3.05, 3.63) is 83.9 Å². The van der Waals surface area contributed by atoms with Gasteiger partial charge in [0.2, 0.25) is 11.8 Å². The van der Waals surface area contributed by atoms with Gasteiger partial charge in [0.1, 0.15) is 6.29 Å². The van der Waals surface area contributed by atoms with E-state index in [0.29, 0.717) is 22.4 Å². The molecular formula is C27H32FN3O3. The summed E-state index contributed by atoms with van der Waals surface area (Å²) in [5.74, 6) is -1.40. The molecule has 0 saturated heterocycles. The molecule has 0 fully saturated rings. The Hall–Kier alpha value is -3.58. The van der Waals surface area contributed by atoms with Gasteiger partial charge in [-0.2, -0.15) is 0 Å². The summed E-state index contributed by atoms with van der Waals surface area (Å²) in [4.78, 5) is 30.1. The molecule has 2 aromatic rings. The number of ether oxygens (including phenoxy) is 1. The normalized spacial score (nSPS) is 14.9. The van der Waals surface area contributed by atoms with Crippen molar-refractivity contribution in [1.82, 2.24) is 15.2 Å². The monoisotopic (exact) mass is 465 g/mol. The Bertz CT molecular complexity index is 1120. The summed E-state index contributed by atoms with van der Waals surface area (Å²) in [5, 5.41) is 2.67. The Kier molecular flexibility index (Phi) is 8.65. The largest absolute Gasteiger partial charge is 0.435 e. The van der Waals surface area contributed by atoms with Gasteiger partial charge in [-0.05, 0) is 27.2 Å². The molecule has 1 aliphatic heterocycles. The van der Waals surface area contributed by atoms with Crippen molar-refractivity contribution < 1.29 is 18.7 Å².